The van der Waals surface area contributed by atoms with Crippen LogP contribution in [-0.2, 0) is 13.9 Å². The van der Waals surface area contributed by atoms with Gasteiger partial charge in [-0.2, -0.15) is 0 Å². The predicted molar refractivity (Wildman–Crippen MR) is 54.1 cm³/mol. The first kappa shape index (κ1) is 15.2. The molecule has 0 aliphatic heterocycles. The van der Waals surface area contributed by atoms with Gasteiger partial charge in [0.1, 0.15) is 0 Å². The van der Waals surface area contributed by atoms with E-state index in [1.54, 1.807) is 12.2 Å². The average molecular weight is 220 g/mol. The maximum Gasteiger partial charge on any atom is 0.364 e. The first-order valence-electron chi connectivity index (χ1n) is 3.57. The van der Waals surface area contributed by atoms with Crippen LogP contribution in [-0.4, -0.2) is 16.0 Å². The minimum absolute atomic E-state index is 0.914. The lowest BCUT2D eigenvalue weighted by Crippen LogP contribution is -1.83. The molecule has 0 saturated heterocycles. The molecule has 0 heterocycles. The van der Waals surface area contributed by atoms with Crippen LogP contribution >= 0.6 is 8.25 Å². The van der Waals surface area contributed by atoms with Gasteiger partial charge in [0.25, 0.3) is 0 Å². The number of carbonyl (C=O) groups is 1. The van der Waals surface area contributed by atoms with E-state index >= 15 is 0 Å². The average Bonchev–Trinajstić information content (AvgIpc) is 2.05. The van der Waals surface area contributed by atoms with Crippen molar-refractivity contribution in [2.75, 3.05) is 0 Å². The molecule has 1 atom stereocenters. The number of hydrogen-bond donors (Lipinski definition) is 2. The van der Waals surface area contributed by atoms with Crippen LogP contribution in [0.3, 0.4) is 0 Å². The standard InChI is InChI=1S/C6H8O2.C2H5O3P/c1-2-3-4-5-6(7)8;1-2-5-6(3)4/h2-5H,1H3,(H,7,8);2,6H,1H2,(H,3,4)/b3-2+,5-4+;. The van der Waals surface area contributed by atoms with E-state index in [4.69, 9.17) is 10.00 Å². The third-order valence-electron chi connectivity index (χ3n) is 0.727. The third kappa shape index (κ3) is 22.4. The highest BCUT2D eigenvalue weighted by atomic mass is 31.1. The molecule has 1 unspecified atom stereocenters. The third-order valence-corrected chi connectivity index (χ3v) is 1.09. The maximum absolute atomic E-state index is 9.75. The summed E-state index contributed by atoms with van der Waals surface area (Å²) in [5.74, 6) is -0.914. The molecule has 0 fully saturated rings. The Bertz CT molecular complexity index is 244. The molecule has 6 heteroatoms. The zero-order valence-corrected chi connectivity index (χ0v) is 8.71. The fourth-order valence-electron chi connectivity index (χ4n) is 0.320. The highest BCUT2D eigenvalue weighted by Gasteiger charge is 1.78. The molecule has 0 radical (unpaired) electrons. The SMILES string of the molecule is C/C=C/C=C/C(=O)O.C=CO[PH](=O)O. The molecule has 0 rings (SSSR count). The van der Waals surface area contributed by atoms with Crippen molar-refractivity contribution in [3.63, 3.8) is 0 Å². The van der Waals surface area contributed by atoms with Crippen LogP contribution in [0.4, 0.5) is 0 Å². The normalized spacial score (nSPS) is 11.9. The van der Waals surface area contributed by atoms with Crippen molar-refractivity contribution in [3.05, 3.63) is 37.1 Å². The van der Waals surface area contributed by atoms with Crippen molar-refractivity contribution >= 4 is 14.2 Å². The Morgan fingerprint density at radius 3 is 2.29 bits per heavy atom. The lowest BCUT2D eigenvalue weighted by molar-refractivity contribution is -0.131. The summed E-state index contributed by atoms with van der Waals surface area (Å²) in [6, 6.07) is 0. The molecular formula is C8H13O5P. The number of carboxylic acids is 1. The van der Waals surface area contributed by atoms with Crippen LogP contribution in [0, 0.1) is 0 Å². The molecule has 0 aliphatic rings. The molecule has 2 N–H and O–H groups in total. The molecular weight excluding hydrogens is 207 g/mol. The molecule has 0 aromatic carbocycles. The van der Waals surface area contributed by atoms with E-state index in [2.05, 4.69) is 11.1 Å². The predicted octanol–water partition coefficient (Wildman–Crippen LogP) is 1.73. The molecule has 0 aromatic heterocycles. The molecule has 14 heavy (non-hydrogen) atoms. The van der Waals surface area contributed by atoms with Gasteiger partial charge in [0.05, 0.1) is 6.26 Å². The number of hydrogen-bond acceptors (Lipinski definition) is 3. The minimum atomic E-state index is -2.75. The zero-order valence-electron chi connectivity index (χ0n) is 7.71. The van der Waals surface area contributed by atoms with E-state index in [1.165, 1.54) is 6.08 Å². The fraction of sp³-hybridized carbons (Fsp3) is 0.125. The van der Waals surface area contributed by atoms with Crippen LogP contribution in [0.1, 0.15) is 6.92 Å². The van der Waals surface area contributed by atoms with Gasteiger partial charge in [-0.1, -0.05) is 24.8 Å². The Kier molecular flexibility index (Phi) is 12.7. The minimum Gasteiger partial charge on any atom is -0.478 e. The van der Waals surface area contributed by atoms with E-state index in [0.717, 1.165) is 12.3 Å². The summed E-state index contributed by atoms with van der Waals surface area (Å²) in [5, 5.41) is 8.02. The lowest BCUT2D eigenvalue weighted by atomic mass is 10.4. The first-order chi connectivity index (χ1) is 6.54. The van der Waals surface area contributed by atoms with Gasteiger partial charge in [0, 0.05) is 6.08 Å². The second kappa shape index (κ2) is 11.7. The second-order valence-corrected chi connectivity index (χ2v) is 2.54. The summed E-state index contributed by atoms with van der Waals surface area (Å²) < 4.78 is 13.4. The Morgan fingerprint density at radius 1 is 1.50 bits per heavy atom. The number of aliphatic carboxylic acids is 1. The summed E-state index contributed by atoms with van der Waals surface area (Å²) in [7, 11) is -2.75. The Labute approximate surface area is 83.0 Å². The number of carboxylic acid groups (broad SMARTS) is 1. The van der Waals surface area contributed by atoms with Crippen LogP contribution in [0.15, 0.2) is 37.1 Å². The van der Waals surface area contributed by atoms with E-state index in [0.29, 0.717) is 0 Å². The molecule has 0 aliphatic carbocycles. The Morgan fingerprint density at radius 2 is 2.07 bits per heavy atom. The van der Waals surface area contributed by atoms with Crippen LogP contribution in [0.2, 0.25) is 0 Å². The molecule has 0 aromatic rings. The molecule has 80 valence electrons. The van der Waals surface area contributed by atoms with Gasteiger partial charge in [-0.3, -0.25) is 0 Å². The van der Waals surface area contributed by atoms with Crippen LogP contribution in [0.25, 0.3) is 0 Å². The summed E-state index contributed by atoms with van der Waals surface area (Å²) in [4.78, 5) is 17.6. The van der Waals surface area contributed by atoms with Crippen LogP contribution in [0.5, 0.6) is 0 Å². The van der Waals surface area contributed by atoms with Gasteiger partial charge in [0.15, 0.2) is 0 Å². The number of rotatable bonds is 4. The largest absolute Gasteiger partial charge is 0.478 e. The van der Waals surface area contributed by atoms with Gasteiger partial charge in [-0.25, -0.2) is 9.36 Å². The highest BCUT2D eigenvalue weighted by Crippen LogP contribution is 2.12. The zero-order chi connectivity index (χ0) is 11.4. The van der Waals surface area contributed by atoms with Gasteiger partial charge < -0.3 is 14.5 Å². The Balaban J connectivity index is 0. The second-order valence-electron chi connectivity index (χ2n) is 1.77. The fourth-order valence-corrected chi connectivity index (χ4v) is 0.463. The highest BCUT2D eigenvalue weighted by molar-refractivity contribution is 7.32. The quantitative estimate of drug-likeness (QED) is 0.326. The van der Waals surface area contributed by atoms with Crippen molar-refractivity contribution in [2.45, 2.75) is 6.92 Å². The molecule has 0 saturated carbocycles. The van der Waals surface area contributed by atoms with E-state index < -0.39 is 14.2 Å². The lowest BCUT2D eigenvalue weighted by Gasteiger charge is -1.84. The van der Waals surface area contributed by atoms with Crippen LogP contribution < -0.4 is 0 Å². The van der Waals surface area contributed by atoms with Crippen molar-refractivity contribution in [1.29, 1.82) is 0 Å². The monoisotopic (exact) mass is 220 g/mol. The summed E-state index contributed by atoms with van der Waals surface area (Å²) in [6.45, 7) is 4.87. The van der Waals surface area contributed by atoms with E-state index in [9.17, 15) is 9.36 Å². The maximum atomic E-state index is 9.75. The van der Waals surface area contributed by atoms with Crippen molar-refractivity contribution in [2.24, 2.45) is 0 Å². The molecule has 5 nitrogen and oxygen atoms in total. The molecule has 0 amide bonds. The van der Waals surface area contributed by atoms with Gasteiger partial charge in [-0.15, -0.1) is 0 Å². The summed E-state index contributed by atoms with van der Waals surface area (Å²) >= 11 is 0. The molecule has 0 spiro atoms. The van der Waals surface area contributed by atoms with E-state index in [1.807, 2.05) is 6.92 Å². The summed E-state index contributed by atoms with van der Waals surface area (Å²) in [6.07, 6.45) is 6.91. The number of allylic oxidation sites excluding steroid dienone is 3. The van der Waals surface area contributed by atoms with Crippen molar-refractivity contribution < 1.29 is 23.9 Å². The van der Waals surface area contributed by atoms with Gasteiger partial charge >= 0.3 is 14.2 Å². The van der Waals surface area contributed by atoms with Crippen molar-refractivity contribution in [1.82, 2.24) is 0 Å². The Hall–Kier alpha value is -1.32. The molecule has 0 bridgehead atoms. The smallest absolute Gasteiger partial charge is 0.364 e. The summed E-state index contributed by atoms with van der Waals surface area (Å²) in [5.41, 5.74) is 0. The van der Waals surface area contributed by atoms with Crippen molar-refractivity contribution in [3.8, 4) is 0 Å². The van der Waals surface area contributed by atoms with Gasteiger partial charge in [-0.05, 0) is 6.92 Å². The first-order valence-corrected chi connectivity index (χ1v) is 4.83. The topological polar surface area (TPSA) is 83.8 Å². The van der Waals surface area contributed by atoms with Gasteiger partial charge in [0.2, 0.25) is 0 Å². The van der Waals surface area contributed by atoms with E-state index in [-0.39, 0.29) is 0 Å².